The van der Waals surface area contributed by atoms with E-state index in [1.54, 1.807) is 0 Å². The molecule has 1 heteroatoms. The number of hydrogen-bond acceptors (Lipinski definition) is 1. The first-order chi connectivity index (χ1) is 14.8. The van der Waals surface area contributed by atoms with E-state index >= 15 is 0 Å². The molecular weight excluding hydrogens is 364 g/mol. The zero-order valence-electron chi connectivity index (χ0n) is 16.3. The molecule has 0 fully saturated rings. The molecule has 0 atom stereocenters. The molecule has 5 aromatic carbocycles. The fourth-order valence-electron chi connectivity index (χ4n) is 4.78. The number of carbonyl (C=O) groups excluding carboxylic acids is 1. The Bertz CT molecular complexity index is 1430. The molecule has 0 saturated heterocycles. The van der Waals surface area contributed by atoms with E-state index in [-0.39, 0.29) is 5.78 Å². The lowest BCUT2D eigenvalue weighted by Crippen LogP contribution is -1.99. The molecule has 5 aromatic rings. The molecule has 1 aliphatic carbocycles. The van der Waals surface area contributed by atoms with Crippen molar-refractivity contribution in [3.05, 3.63) is 120 Å². The maximum Gasteiger partial charge on any atom is 0.194 e. The number of rotatable bonds is 2. The predicted octanol–water partition coefficient (Wildman–Crippen LogP) is 7.39. The van der Waals surface area contributed by atoms with Crippen LogP contribution < -0.4 is 0 Å². The monoisotopic (exact) mass is 382 g/mol. The second-order valence-electron chi connectivity index (χ2n) is 7.65. The second kappa shape index (κ2) is 6.53. The number of benzene rings is 5. The smallest absolute Gasteiger partial charge is 0.194 e. The van der Waals surface area contributed by atoms with Gasteiger partial charge in [-0.2, -0.15) is 0 Å². The zero-order chi connectivity index (χ0) is 20.1. The fraction of sp³-hybridized carbons (Fsp3) is 0. The van der Waals surface area contributed by atoms with E-state index in [9.17, 15) is 4.79 Å². The first-order valence-corrected chi connectivity index (χ1v) is 10.2. The summed E-state index contributed by atoms with van der Waals surface area (Å²) in [5.41, 5.74) is 8.30. The number of fused-ring (bicyclic) bond motifs is 5. The third-order valence-corrected chi connectivity index (χ3v) is 6.01. The summed E-state index contributed by atoms with van der Waals surface area (Å²) in [5.74, 6) is 0.119. The Labute approximate surface area is 175 Å². The minimum absolute atomic E-state index is 0.119. The van der Waals surface area contributed by atoms with Crippen molar-refractivity contribution in [3.63, 3.8) is 0 Å². The third kappa shape index (κ3) is 2.33. The third-order valence-electron chi connectivity index (χ3n) is 6.01. The van der Waals surface area contributed by atoms with Crippen molar-refractivity contribution >= 4 is 16.6 Å². The van der Waals surface area contributed by atoms with E-state index in [0.717, 1.165) is 49.7 Å². The van der Waals surface area contributed by atoms with Crippen LogP contribution in [0.1, 0.15) is 15.9 Å². The van der Waals surface area contributed by atoms with Gasteiger partial charge in [0.25, 0.3) is 0 Å². The first kappa shape index (κ1) is 16.9. The Morgan fingerprint density at radius 3 is 1.47 bits per heavy atom. The highest BCUT2D eigenvalue weighted by atomic mass is 16.1. The SMILES string of the molecule is O=C1c2ccccc2-c2c(-c3ccccc3)c(-c3ccccc3)c3ccccc3c21. The summed E-state index contributed by atoms with van der Waals surface area (Å²) in [5, 5.41) is 2.13. The van der Waals surface area contributed by atoms with E-state index < -0.39 is 0 Å². The van der Waals surface area contributed by atoms with Gasteiger partial charge in [0.1, 0.15) is 0 Å². The van der Waals surface area contributed by atoms with Crippen LogP contribution in [-0.2, 0) is 0 Å². The van der Waals surface area contributed by atoms with Crippen molar-refractivity contribution in [2.24, 2.45) is 0 Å². The Kier molecular flexibility index (Phi) is 3.69. The topological polar surface area (TPSA) is 17.1 Å². The first-order valence-electron chi connectivity index (χ1n) is 10.2. The normalized spacial score (nSPS) is 12.1. The molecule has 0 radical (unpaired) electrons. The quantitative estimate of drug-likeness (QED) is 0.305. The molecule has 0 unspecified atom stereocenters. The molecule has 0 aromatic heterocycles. The summed E-state index contributed by atoms with van der Waals surface area (Å²) >= 11 is 0. The molecule has 0 N–H and O–H groups in total. The van der Waals surface area contributed by atoms with Gasteiger partial charge in [-0.05, 0) is 38.6 Å². The van der Waals surface area contributed by atoms with Gasteiger partial charge in [-0.25, -0.2) is 0 Å². The molecule has 0 aliphatic heterocycles. The highest BCUT2D eigenvalue weighted by Gasteiger charge is 2.33. The highest BCUT2D eigenvalue weighted by molar-refractivity contribution is 6.32. The molecule has 0 bridgehead atoms. The second-order valence-corrected chi connectivity index (χ2v) is 7.65. The molecular formula is C29H18O. The van der Waals surface area contributed by atoms with E-state index in [1.807, 2.05) is 36.4 Å². The van der Waals surface area contributed by atoms with Crippen molar-refractivity contribution in [3.8, 4) is 33.4 Å². The summed E-state index contributed by atoms with van der Waals surface area (Å²) < 4.78 is 0. The Morgan fingerprint density at radius 1 is 0.367 bits per heavy atom. The molecule has 0 heterocycles. The van der Waals surface area contributed by atoms with Crippen LogP contribution >= 0.6 is 0 Å². The van der Waals surface area contributed by atoms with Crippen LogP contribution in [0, 0.1) is 0 Å². The zero-order valence-corrected chi connectivity index (χ0v) is 16.3. The summed E-state index contributed by atoms with van der Waals surface area (Å²) in [4.78, 5) is 13.5. The largest absolute Gasteiger partial charge is 0.289 e. The molecule has 1 nitrogen and oxygen atoms in total. The molecule has 30 heavy (non-hydrogen) atoms. The Hall–Kier alpha value is -3.97. The van der Waals surface area contributed by atoms with Crippen LogP contribution in [-0.4, -0.2) is 5.78 Å². The summed E-state index contributed by atoms with van der Waals surface area (Å²) in [7, 11) is 0. The van der Waals surface area contributed by atoms with Gasteiger partial charge in [0.05, 0.1) is 0 Å². The van der Waals surface area contributed by atoms with Gasteiger partial charge in [0.2, 0.25) is 0 Å². The van der Waals surface area contributed by atoms with Crippen molar-refractivity contribution < 1.29 is 4.79 Å². The van der Waals surface area contributed by atoms with E-state index in [2.05, 4.69) is 72.8 Å². The van der Waals surface area contributed by atoms with Crippen LogP contribution in [0.4, 0.5) is 0 Å². The highest BCUT2D eigenvalue weighted by Crippen LogP contribution is 2.51. The Morgan fingerprint density at radius 2 is 0.833 bits per heavy atom. The Balaban J connectivity index is 1.89. The van der Waals surface area contributed by atoms with E-state index in [1.165, 1.54) is 5.56 Å². The van der Waals surface area contributed by atoms with Gasteiger partial charge in [-0.15, -0.1) is 0 Å². The minimum atomic E-state index is 0.119. The molecule has 0 amide bonds. The van der Waals surface area contributed by atoms with Crippen LogP contribution in [0.3, 0.4) is 0 Å². The lowest BCUT2D eigenvalue weighted by Gasteiger charge is -2.19. The van der Waals surface area contributed by atoms with Gasteiger partial charge < -0.3 is 0 Å². The van der Waals surface area contributed by atoms with Crippen molar-refractivity contribution in [1.82, 2.24) is 0 Å². The van der Waals surface area contributed by atoms with Crippen LogP contribution in [0.15, 0.2) is 109 Å². The summed E-state index contributed by atoms with van der Waals surface area (Å²) in [6.07, 6.45) is 0. The van der Waals surface area contributed by atoms with Gasteiger partial charge in [-0.1, -0.05) is 109 Å². The van der Waals surface area contributed by atoms with Gasteiger partial charge in [0.15, 0.2) is 5.78 Å². The molecule has 0 spiro atoms. The van der Waals surface area contributed by atoms with Crippen molar-refractivity contribution in [1.29, 1.82) is 0 Å². The van der Waals surface area contributed by atoms with E-state index in [0.29, 0.717) is 0 Å². The molecule has 1 aliphatic rings. The summed E-state index contributed by atoms with van der Waals surface area (Å²) in [6, 6.07) is 37.2. The minimum Gasteiger partial charge on any atom is -0.289 e. The van der Waals surface area contributed by atoms with Gasteiger partial charge in [-0.3, -0.25) is 4.79 Å². The lowest BCUT2D eigenvalue weighted by atomic mass is 9.83. The van der Waals surface area contributed by atoms with Crippen LogP contribution in [0.25, 0.3) is 44.2 Å². The predicted molar refractivity (Wildman–Crippen MR) is 124 cm³/mol. The number of hydrogen-bond donors (Lipinski definition) is 0. The number of ketones is 1. The van der Waals surface area contributed by atoms with Crippen LogP contribution in [0.5, 0.6) is 0 Å². The van der Waals surface area contributed by atoms with Crippen molar-refractivity contribution in [2.75, 3.05) is 0 Å². The van der Waals surface area contributed by atoms with Crippen molar-refractivity contribution in [2.45, 2.75) is 0 Å². The molecule has 6 rings (SSSR count). The summed E-state index contributed by atoms with van der Waals surface area (Å²) in [6.45, 7) is 0. The van der Waals surface area contributed by atoms with E-state index in [4.69, 9.17) is 0 Å². The average Bonchev–Trinajstić information content (AvgIpc) is 3.12. The maximum atomic E-state index is 13.5. The van der Waals surface area contributed by atoms with Gasteiger partial charge in [0, 0.05) is 16.7 Å². The van der Waals surface area contributed by atoms with Crippen LogP contribution in [0.2, 0.25) is 0 Å². The van der Waals surface area contributed by atoms with Gasteiger partial charge >= 0.3 is 0 Å². The molecule has 140 valence electrons. The average molecular weight is 382 g/mol. The lowest BCUT2D eigenvalue weighted by molar-refractivity contribution is 0.104. The number of carbonyl (C=O) groups is 1. The maximum absolute atomic E-state index is 13.5. The fourth-order valence-corrected chi connectivity index (χ4v) is 4.78. The standard InChI is InChI=1S/C29H18O/c30-29-24-18-10-9-17-23(24)27-26(20-13-5-2-6-14-20)25(19-11-3-1-4-12-19)21-15-7-8-16-22(21)28(27)29/h1-18H. The molecule has 0 saturated carbocycles.